The smallest absolute Gasteiger partial charge is 0.317 e. The molecular weight excluding hydrogens is 356 g/mol. The fourth-order valence-electron chi connectivity index (χ4n) is 4.41. The second kappa shape index (κ2) is 7.66. The Morgan fingerprint density at radius 1 is 1.21 bits per heavy atom. The van der Waals surface area contributed by atoms with Crippen LogP contribution in [0.25, 0.3) is 5.69 Å². The summed E-state index contributed by atoms with van der Waals surface area (Å²) in [6, 6.07) is 9.84. The molecule has 4 rings (SSSR count). The molecule has 1 aliphatic heterocycles. The van der Waals surface area contributed by atoms with Crippen molar-refractivity contribution in [1.29, 1.82) is 0 Å². The first kappa shape index (κ1) is 18.5. The van der Waals surface area contributed by atoms with Crippen LogP contribution in [0.5, 0.6) is 0 Å². The number of para-hydroxylation sites is 1. The standard InChI is InChI=1S/C21H26N4O3/c1-14-10-15(20(26)27)13-24(12-14)21(28)22-11-18-17-8-5-9-19(17)25(23-18)16-6-3-2-4-7-16/h2-4,6-7,14-15H,5,8-13H2,1H3,(H,22,28)(H,26,27). The number of nitrogens with one attached hydrogen (secondary N) is 1. The zero-order valence-electron chi connectivity index (χ0n) is 16.1. The molecule has 2 aromatic rings. The van der Waals surface area contributed by atoms with Crippen LogP contribution < -0.4 is 5.32 Å². The van der Waals surface area contributed by atoms with Crippen molar-refractivity contribution < 1.29 is 14.7 Å². The SMILES string of the molecule is CC1CC(C(=O)O)CN(C(=O)NCc2nn(-c3ccccc3)c3c2CCC3)C1. The first-order valence-electron chi connectivity index (χ1n) is 9.93. The van der Waals surface area contributed by atoms with Crippen molar-refractivity contribution in [2.45, 2.75) is 39.2 Å². The Bertz CT molecular complexity index is 877. The predicted molar refractivity (Wildman–Crippen MR) is 104 cm³/mol. The Kier molecular flexibility index (Phi) is 5.07. The van der Waals surface area contributed by atoms with Gasteiger partial charge >= 0.3 is 12.0 Å². The van der Waals surface area contributed by atoms with E-state index in [2.05, 4.69) is 5.32 Å². The largest absolute Gasteiger partial charge is 0.481 e. The minimum Gasteiger partial charge on any atom is -0.481 e. The molecule has 0 radical (unpaired) electrons. The van der Waals surface area contributed by atoms with Gasteiger partial charge in [0, 0.05) is 18.8 Å². The third-order valence-corrected chi connectivity index (χ3v) is 5.72. The van der Waals surface area contributed by atoms with Crippen LogP contribution >= 0.6 is 0 Å². The second-order valence-corrected chi connectivity index (χ2v) is 7.91. The molecule has 2 heterocycles. The van der Waals surface area contributed by atoms with Crippen LogP contribution in [-0.4, -0.2) is 44.9 Å². The number of likely N-dealkylation sites (tertiary alicyclic amines) is 1. The summed E-state index contributed by atoms with van der Waals surface area (Å²) in [6.07, 6.45) is 3.70. The number of carboxylic acids is 1. The van der Waals surface area contributed by atoms with Crippen molar-refractivity contribution in [1.82, 2.24) is 20.0 Å². The van der Waals surface area contributed by atoms with Gasteiger partial charge in [-0.1, -0.05) is 25.1 Å². The molecule has 148 valence electrons. The van der Waals surface area contributed by atoms with E-state index in [0.717, 1.165) is 30.6 Å². The van der Waals surface area contributed by atoms with Crippen LogP contribution in [0.1, 0.15) is 36.7 Å². The van der Waals surface area contributed by atoms with Gasteiger partial charge < -0.3 is 15.3 Å². The molecule has 1 saturated heterocycles. The Hall–Kier alpha value is -2.83. The molecule has 0 bridgehead atoms. The molecule has 2 amide bonds. The van der Waals surface area contributed by atoms with Gasteiger partial charge in [-0.2, -0.15) is 5.10 Å². The molecule has 0 saturated carbocycles. The van der Waals surface area contributed by atoms with E-state index in [4.69, 9.17) is 5.10 Å². The number of piperidine rings is 1. The number of hydrogen-bond donors (Lipinski definition) is 2. The molecule has 2 N–H and O–H groups in total. The Balaban J connectivity index is 1.47. The molecule has 1 aliphatic carbocycles. The predicted octanol–water partition coefficient (Wildman–Crippen LogP) is 2.61. The number of hydrogen-bond acceptors (Lipinski definition) is 3. The normalized spacial score (nSPS) is 21.4. The van der Waals surface area contributed by atoms with Gasteiger partial charge in [-0.15, -0.1) is 0 Å². The Morgan fingerprint density at radius 2 is 2.00 bits per heavy atom. The molecule has 28 heavy (non-hydrogen) atoms. The molecule has 1 aromatic carbocycles. The van der Waals surface area contributed by atoms with Crippen molar-refractivity contribution in [3.8, 4) is 5.69 Å². The van der Waals surface area contributed by atoms with Gasteiger partial charge in [-0.3, -0.25) is 4.79 Å². The van der Waals surface area contributed by atoms with Gasteiger partial charge in [-0.25, -0.2) is 9.48 Å². The molecule has 1 aromatic heterocycles. The van der Waals surface area contributed by atoms with Gasteiger partial charge in [-0.05, 0) is 49.3 Å². The van der Waals surface area contributed by atoms with Gasteiger partial charge in [0.2, 0.25) is 0 Å². The lowest BCUT2D eigenvalue weighted by Crippen LogP contribution is -2.49. The summed E-state index contributed by atoms with van der Waals surface area (Å²) in [5, 5.41) is 17.0. The number of rotatable bonds is 4. The number of carbonyl (C=O) groups is 2. The lowest BCUT2D eigenvalue weighted by molar-refractivity contribution is -0.143. The number of urea groups is 1. The zero-order valence-corrected chi connectivity index (χ0v) is 16.1. The summed E-state index contributed by atoms with van der Waals surface area (Å²) in [4.78, 5) is 25.6. The van der Waals surface area contributed by atoms with E-state index < -0.39 is 11.9 Å². The van der Waals surface area contributed by atoms with E-state index in [1.54, 1.807) is 4.90 Å². The van der Waals surface area contributed by atoms with Crippen LogP contribution in [0.2, 0.25) is 0 Å². The number of aromatic nitrogens is 2. The van der Waals surface area contributed by atoms with Gasteiger partial charge in [0.1, 0.15) is 0 Å². The van der Waals surface area contributed by atoms with Crippen LogP contribution in [0.4, 0.5) is 4.79 Å². The van der Waals surface area contributed by atoms with Crippen LogP contribution in [-0.2, 0) is 24.2 Å². The van der Waals surface area contributed by atoms with E-state index in [-0.39, 0.29) is 18.5 Å². The first-order chi connectivity index (χ1) is 13.5. The van der Waals surface area contributed by atoms with E-state index in [9.17, 15) is 14.7 Å². The molecule has 2 atom stereocenters. The highest BCUT2D eigenvalue weighted by molar-refractivity contribution is 5.76. The summed E-state index contributed by atoms with van der Waals surface area (Å²) < 4.78 is 1.99. The summed E-state index contributed by atoms with van der Waals surface area (Å²) >= 11 is 0. The van der Waals surface area contributed by atoms with Gasteiger partial charge in [0.05, 0.1) is 23.8 Å². The summed E-state index contributed by atoms with van der Waals surface area (Å²) in [6.45, 7) is 3.21. The third-order valence-electron chi connectivity index (χ3n) is 5.72. The fraction of sp³-hybridized carbons (Fsp3) is 0.476. The highest BCUT2D eigenvalue weighted by Crippen LogP contribution is 2.28. The topological polar surface area (TPSA) is 87.5 Å². The maximum Gasteiger partial charge on any atom is 0.317 e. The number of nitrogens with zero attached hydrogens (tertiary/aromatic N) is 3. The number of aliphatic carboxylic acids is 1. The van der Waals surface area contributed by atoms with E-state index >= 15 is 0 Å². The first-order valence-corrected chi connectivity index (χ1v) is 9.93. The number of amides is 2. The van der Waals surface area contributed by atoms with Crippen molar-refractivity contribution in [2.75, 3.05) is 13.1 Å². The van der Waals surface area contributed by atoms with Crippen LogP contribution in [0.15, 0.2) is 30.3 Å². The highest BCUT2D eigenvalue weighted by atomic mass is 16.4. The third kappa shape index (κ3) is 3.61. The summed E-state index contributed by atoms with van der Waals surface area (Å²) in [5.74, 6) is -1.14. The van der Waals surface area contributed by atoms with E-state index in [0.29, 0.717) is 19.5 Å². The maximum absolute atomic E-state index is 12.6. The molecule has 7 nitrogen and oxygen atoms in total. The maximum atomic E-state index is 12.6. The van der Waals surface area contributed by atoms with Gasteiger partial charge in [0.15, 0.2) is 0 Å². The number of carbonyl (C=O) groups excluding carboxylic acids is 1. The van der Waals surface area contributed by atoms with Crippen molar-refractivity contribution >= 4 is 12.0 Å². The van der Waals surface area contributed by atoms with Crippen LogP contribution in [0.3, 0.4) is 0 Å². The van der Waals surface area contributed by atoms with Gasteiger partial charge in [0.25, 0.3) is 0 Å². The van der Waals surface area contributed by atoms with Crippen molar-refractivity contribution in [2.24, 2.45) is 11.8 Å². The lowest BCUT2D eigenvalue weighted by Gasteiger charge is -2.34. The van der Waals surface area contributed by atoms with Crippen LogP contribution in [0, 0.1) is 11.8 Å². The van der Waals surface area contributed by atoms with E-state index in [1.165, 1.54) is 11.3 Å². The minimum absolute atomic E-state index is 0.183. The molecule has 2 unspecified atom stereocenters. The zero-order chi connectivity index (χ0) is 19.7. The molecule has 7 heteroatoms. The average Bonchev–Trinajstić information content (AvgIpc) is 3.29. The number of benzene rings is 1. The monoisotopic (exact) mass is 382 g/mol. The number of fused-ring (bicyclic) bond motifs is 1. The van der Waals surface area contributed by atoms with Crippen molar-refractivity contribution in [3.63, 3.8) is 0 Å². The Morgan fingerprint density at radius 3 is 2.75 bits per heavy atom. The Labute approximate surface area is 164 Å². The second-order valence-electron chi connectivity index (χ2n) is 7.91. The molecule has 1 fully saturated rings. The molecule has 0 spiro atoms. The average molecular weight is 382 g/mol. The molecule has 2 aliphatic rings. The quantitative estimate of drug-likeness (QED) is 0.851. The minimum atomic E-state index is -0.830. The summed E-state index contributed by atoms with van der Waals surface area (Å²) in [7, 11) is 0. The summed E-state index contributed by atoms with van der Waals surface area (Å²) in [5.41, 5.74) is 4.41. The lowest BCUT2D eigenvalue weighted by atomic mass is 9.91. The molecular formula is C21H26N4O3. The van der Waals surface area contributed by atoms with E-state index in [1.807, 2.05) is 41.9 Å². The fourth-order valence-corrected chi connectivity index (χ4v) is 4.41. The highest BCUT2D eigenvalue weighted by Gasteiger charge is 2.32. The number of carboxylic acid groups (broad SMARTS) is 1. The van der Waals surface area contributed by atoms with Crippen molar-refractivity contribution in [3.05, 3.63) is 47.3 Å².